The van der Waals surface area contributed by atoms with Crippen LogP contribution in [0.1, 0.15) is 5.69 Å². The van der Waals surface area contributed by atoms with Crippen molar-refractivity contribution in [1.82, 2.24) is 9.97 Å². The Morgan fingerprint density at radius 2 is 1.80 bits per heavy atom. The fourth-order valence-corrected chi connectivity index (χ4v) is 1.44. The molecule has 0 aliphatic carbocycles. The van der Waals surface area contributed by atoms with Gasteiger partial charge in [0.2, 0.25) is 5.88 Å². The van der Waals surface area contributed by atoms with Crippen molar-refractivity contribution in [3.05, 3.63) is 42.1 Å². The van der Waals surface area contributed by atoms with Gasteiger partial charge in [-0.25, -0.2) is 9.78 Å². The van der Waals surface area contributed by atoms with Gasteiger partial charge in [0.25, 0.3) is 0 Å². The number of hydrogen-bond donors (Lipinski definition) is 1. The molecule has 0 saturated heterocycles. The number of amides is 1. The van der Waals surface area contributed by atoms with Gasteiger partial charge in [0.05, 0.1) is 0 Å². The number of carbonyl (C=O) groups excluding carboxylic acids is 1. The minimum absolute atomic E-state index is 0.211. The lowest BCUT2D eigenvalue weighted by Crippen LogP contribution is -2.18. The summed E-state index contributed by atoms with van der Waals surface area (Å²) in [6.07, 6.45) is -5.95. The summed E-state index contributed by atoms with van der Waals surface area (Å²) in [4.78, 5) is 17.8. The maximum atomic E-state index is 12.7. The number of nitrogens with two attached hydrogens (primary N) is 1. The molecule has 20 heavy (non-hydrogen) atoms. The lowest BCUT2D eigenvalue weighted by molar-refractivity contribution is -0.141. The SMILES string of the molecule is NC(=O)Oc1cc(C(F)(F)F)nc(-c2ccccc2)n1. The Balaban J connectivity index is 2.54. The Hall–Kier alpha value is -2.64. The summed E-state index contributed by atoms with van der Waals surface area (Å²) in [5, 5.41) is 0. The van der Waals surface area contributed by atoms with E-state index in [9.17, 15) is 18.0 Å². The molecule has 1 aromatic heterocycles. The van der Waals surface area contributed by atoms with Gasteiger partial charge < -0.3 is 10.5 Å². The predicted octanol–water partition coefficient (Wildman–Crippen LogP) is 2.62. The van der Waals surface area contributed by atoms with Crippen LogP contribution in [0.2, 0.25) is 0 Å². The van der Waals surface area contributed by atoms with Gasteiger partial charge in [-0.2, -0.15) is 18.2 Å². The Bertz CT molecular complexity index is 630. The molecule has 0 spiro atoms. The van der Waals surface area contributed by atoms with Gasteiger partial charge in [0.1, 0.15) is 0 Å². The molecule has 1 heterocycles. The van der Waals surface area contributed by atoms with Crippen LogP contribution in [0, 0.1) is 0 Å². The first-order valence-corrected chi connectivity index (χ1v) is 5.35. The van der Waals surface area contributed by atoms with Gasteiger partial charge in [-0.1, -0.05) is 30.3 Å². The van der Waals surface area contributed by atoms with Crippen LogP contribution in [0.5, 0.6) is 5.88 Å². The Morgan fingerprint density at radius 1 is 1.15 bits per heavy atom. The van der Waals surface area contributed by atoms with E-state index >= 15 is 0 Å². The fourth-order valence-electron chi connectivity index (χ4n) is 1.44. The Kier molecular flexibility index (Phi) is 3.55. The first-order chi connectivity index (χ1) is 9.36. The molecular formula is C12H8F3N3O2. The highest BCUT2D eigenvalue weighted by Crippen LogP contribution is 2.31. The van der Waals surface area contributed by atoms with Crippen molar-refractivity contribution in [3.8, 4) is 17.3 Å². The van der Waals surface area contributed by atoms with Crippen molar-refractivity contribution < 1.29 is 22.7 Å². The Labute approximate surface area is 111 Å². The number of halogens is 3. The minimum atomic E-state index is -4.69. The number of alkyl halides is 3. The van der Waals surface area contributed by atoms with Crippen LogP contribution in [-0.2, 0) is 6.18 Å². The van der Waals surface area contributed by atoms with Gasteiger partial charge in [-0.05, 0) is 0 Å². The second-order valence-electron chi connectivity index (χ2n) is 3.70. The number of aromatic nitrogens is 2. The predicted molar refractivity (Wildman–Crippen MR) is 62.7 cm³/mol. The summed E-state index contributed by atoms with van der Waals surface area (Å²) in [6, 6.07) is 8.50. The average molecular weight is 283 g/mol. The largest absolute Gasteiger partial charge is 0.433 e. The monoisotopic (exact) mass is 283 g/mol. The van der Waals surface area contributed by atoms with Crippen LogP contribution in [0.25, 0.3) is 11.4 Å². The van der Waals surface area contributed by atoms with E-state index in [4.69, 9.17) is 5.73 Å². The van der Waals surface area contributed by atoms with Crippen LogP contribution in [0.4, 0.5) is 18.0 Å². The summed E-state index contributed by atoms with van der Waals surface area (Å²) < 4.78 is 42.6. The van der Waals surface area contributed by atoms with E-state index in [2.05, 4.69) is 14.7 Å². The zero-order valence-electron chi connectivity index (χ0n) is 9.89. The molecule has 1 aromatic carbocycles. The third-order valence-corrected chi connectivity index (χ3v) is 2.23. The van der Waals surface area contributed by atoms with E-state index in [1.54, 1.807) is 18.2 Å². The lowest BCUT2D eigenvalue weighted by Gasteiger charge is -2.09. The van der Waals surface area contributed by atoms with E-state index in [0.29, 0.717) is 11.6 Å². The number of carbonyl (C=O) groups is 1. The molecular weight excluding hydrogens is 275 g/mol. The van der Waals surface area contributed by atoms with Crippen molar-refractivity contribution in [2.75, 3.05) is 0 Å². The molecule has 1 amide bonds. The molecule has 104 valence electrons. The molecule has 5 nitrogen and oxygen atoms in total. The third-order valence-electron chi connectivity index (χ3n) is 2.23. The van der Waals surface area contributed by atoms with Crippen LogP contribution in [0.15, 0.2) is 36.4 Å². The van der Waals surface area contributed by atoms with E-state index in [1.165, 1.54) is 12.1 Å². The summed E-state index contributed by atoms with van der Waals surface area (Å²) in [7, 11) is 0. The van der Waals surface area contributed by atoms with E-state index in [0.717, 1.165) is 0 Å². The third kappa shape index (κ3) is 3.22. The van der Waals surface area contributed by atoms with Crippen LogP contribution < -0.4 is 10.5 Å². The number of nitrogens with zero attached hydrogens (tertiary/aromatic N) is 2. The molecule has 0 aliphatic rings. The first kappa shape index (κ1) is 13.8. The van der Waals surface area contributed by atoms with Crippen molar-refractivity contribution >= 4 is 6.09 Å². The molecule has 0 unspecified atom stereocenters. The van der Waals surface area contributed by atoms with Crippen molar-refractivity contribution in [1.29, 1.82) is 0 Å². The molecule has 2 aromatic rings. The summed E-state index contributed by atoms with van der Waals surface area (Å²) in [5.74, 6) is -0.768. The topological polar surface area (TPSA) is 78.1 Å². The summed E-state index contributed by atoms with van der Waals surface area (Å²) >= 11 is 0. The zero-order chi connectivity index (χ0) is 14.8. The smallest absolute Gasteiger partial charge is 0.391 e. The van der Waals surface area contributed by atoms with Gasteiger partial charge >= 0.3 is 12.3 Å². The molecule has 0 bridgehead atoms. The standard InChI is InChI=1S/C12H8F3N3O2/c13-12(14,15)8-6-9(20-11(16)19)18-10(17-8)7-4-2-1-3-5-7/h1-6H,(H2,16,19). The average Bonchev–Trinajstić information content (AvgIpc) is 2.37. The lowest BCUT2D eigenvalue weighted by atomic mass is 10.2. The maximum Gasteiger partial charge on any atom is 0.433 e. The Morgan fingerprint density at radius 3 is 2.35 bits per heavy atom. The molecule has 0 radical (unpaired) electrons. The molecule has 2 rings (SSSR count). The molecule has 2 N–H and O–H groups in total. The van der Waals surface area contributed by atoms with E-state index < -0.39 is 23.8 Å². The van der Waals surface area contributed by atoms with Gasteiger partial charge in [-0.3, -0.25) is 0 Å². The molecule has 8 heteroatoms. The van der Waals surface area contributed by atoms with Gasteiger partial charge in [0, 0.05) is 11.6 Å². The van der Waals surface area contributed by atoms with E-state index in [1.807, 2.05) is 0 Å². The van der Waals surface area contributed by atoms with Gasteiger partial charge in [0.15, 0.2) is 11.5 Å². The van der Waals surface area contributed by atoms with Crippen LogP contribution >= 0.6 is 0 Å². The summed E-state index contributed by atoms with van der Waals surface area (Å²) in [5.41, 5.74) is 3.90. The summed E-state index contributed by atoms with van der Waals surface area (Å²) in [6.45, 7) is 0. The highest BCUT2D eigenvalue weighted by Gasteiger charge is 2.34. The number of ether oxygens (including phenoxy) is 1. The van der Waals surface area contributed by atoms with Crippen molar-refractivity contribution in [2.24, 2.45) is 5.73 Å². The number of hydrogen-bond acceptors (Lipinski definition) is 4. The molecule has 0 aliphatic heterocycles. The highest BCUT2D eigenvalue weighted by molar-refractivity contribution is 5.68. The minimum Gasteiger partial charge on any atom is -0.391 e. The van der Waals surface area contributed by atoms with E-state index in [-0.39, 0.29) is 5.82 Å². The van der Waals surface area contributed by atoms with Crippen molar-refractivity contribution in [2.45, 2.75) is 6.18 Å². The molecule has 0 fully saturated rings. The molecule has 0 atom stereocenters. The van der Waals surface area contributed by atoms with Gasteiger partial charge in [-0.15, -0.1) is 0 Å². The number of rotatable bonds is 2. The number of benzene rings is 1. The second-order valence-corrected chi connectivity index (χ2v) is 3.70. The zero-order valence-corrected chi connectivity index (χ0v) is 9.89. The normalized spacial score (nSPS) is 11.2. The van der Waals surface area contributed by atoms with Crippen LogP contribution in [-0.4, -0.2) is 16.1 Å². The maximum absolute atomic E-state index is 12.7. The molecule has 0 saturated carbocycles. The number of primary amides is 1. The van der Waals surface area contributed by atoms with Crippen LogP contribution in [0.3, 0.4) is 0 Å². The quantitative estimate of drug-likeness (QED) is 0.918. The fraction of sp³-hybridized carbons (Fsp3) is 0.0833. The first-order valence-electron chi connectivity index (χ1n) is 5.35. The van der Waals surface area contributed by atoms with Crippen molar-refractivity contribution in [3.63, 3.8) is 0 Å². The second kappa shape index (κ2) is 5.16. The highest BCUT2D eigenvalue weighted by atomic mass is 19.4.